The predicted octanol–water partition coefficient (Wildman–Crippen LogP) is 3.39. The van der Waals surface area contributed by atoms with E-state index in [2.05, 4.69) is 24.6 Å². The maximum atomic E-state index is 14.1. The van der Waals surface area contributed by atoms with Crippen LogP contribution in [-0.4, -0.2) is 22.7 Å². The van der Waals surface area contributed by atoms with E-state index in [1.807, 2.05) is 0 Å². The number of nitrogens with zero attached hydrogens (tertiary/aromatic N) is 2. The van der Waals surface area contributed by atoms with Gasteiger partial charge >= 0.3 is 0 Å². The lowest BCUT2D eigenvalue weighted by Crippen LogP contribution is -2.40. The van der Waals surface area contributed by atoms with Crippen LogP contribution in [0.3, 0.4) is 0 Å². The zero-order chi connectivity index (χ0) is 15.7. The molecule has 0 aliphatic rings. The fourth-order valence-corrected chi connectivity index (χ4v) is 4.72. The molecule has 0 aliphatic carbocycles. The number of imidazole rings is 1. The van der Waals surface area contributed by atoms with Gasteiger partial charge in [0.15, 0.2) is 0 Å². The first-order valence-electron chi connectivity index (χ1n) is 6.83. The van der Waals surface area contributed by atoms with E-state index in [0.29, 0.717) is 6.04 Å². The Kier molecular flexibility index (Phi) is 4.29. The summed E-state index contributed by atoms with van der Waals surface area (Å²) in [6.07, 6.45) is 4.91. The molecule has 2 rings (SSSR count). The molecule has 114 valence electrons. The van der Waals surface area contributed by atoms with Crippen LogP contribution in [0.1, 0.15) is 5.56 Å². The second kappa shape index (κ2) is 5.69. The molecular weight excluding hydrogens is 290 g/mol. The third-order valence-electron chi connectivity index (χ3n) is 3.26. The van der Waals surface area contributed by atoms with E-state index in [-0.39, 0.29) is 12.1 Å². The molecule has 21 heavy (non-hydrogen) atoms. The maximum Gasteiger partial charge on any atom is 0.132 e. The van der Waals surface area contributed by atoms with Crippen LogP contribution in [0.2, 0.25) is 25.7 Å². The lowest BCUT2D eigenvalue weighted by Gasteiger charge is -2.34. The van der Waals surface area contributed by atoms with E-state index in [4.69, 9.17) is 0 Å². The summed E-state index contributed by atoms with van der Waals surface area (Å²) in [4.78, 5) is 3.94. The average Bonchev–Trinajstić information content (AvgIpc) is 2.78. The van der Waals surface area contributed by atoms with Crippen LogP contribution in [0.4, 0.5) is 8.78 Å². The third-order valence-corrected chi connectivity index (χ3v) is 4.90. The summed E-state index contributed by atoms with van der Waals surface area (Å²) in [5.74, 6) is -1.36. The molecule has 1 unspecified atom stereocenters. The molecule has 3 nitrogen and oxygen atoms in total. The molecule has 0 saturated carbocycles. The van der Waals surface area contributed by atoms with Gasteiger partial charge in [0.25, 0.3) is 0 Å². The van der Waals surface area contributed by atoms with Crippen LogP contribution in [0, 0.1) is 11.6 Å². The monoisotopic (exact) mass is 310 g/mol. The SMILES string of the molecule is C[Si](C)(C)CC(O)(Cn1ccnc1)c1ccc(F)cc1F. The van der Waals surface area contributed by atoms with Crippen molar-refractivity contribution in [3.63, 3.8) is 0 Å². The Balaban J connectivity index is 2.44. The highest BCUT2D eigenvalue weighted by molar-refractivity contribution is 6.76. The van der Waals surface area contributed by atoms with Gasteiger partial charge in [-0.05, 0) is 12.1 Å². The summed E-state index contributed by atoms with van der Waals surface area (Å²) in [5, 5.41) is 11.1. The first kappa shape index (κ1) is 15.8. The molecular formula is C15H20F2N2OSi. The number of hydrogen-bond donors (Lipinski definition) is 1. The summed E-state index contributed by atoms with van der Waals surface area (Å²) < 4.78 is 29.0. The van der Waals surface area contributed by atoms with E-state index in [1.165, 1.54) is 12.1 Å². The predicted molar refractivity (Wildman–Crippen MR) is 80.6 cm³/mol. The highest BCUT2D eigenvalue weighted by atomic mass is 28.3. The van der Waals surface area contributed by atoms with Crippen molar-refractivity contribution < 1.29 is 13.9 Å². The van der Waals surface area contributed by atoms with Crippen molar-refractivity contribution in [2.75, 3.05) is 0 Å². The van der Waals surface area contributed by atoms with Gasteiger partial charge in [0.2, 0.25) is 0 Å². The van der Waals surface area contributed by atoms with Crippen molar-refractivity contribution in [2.45, 2.75) is 37.8 Å². The second-order valence-electron chi connectivity index (χ2n) is 6.63. The molecule has 2 aromatic rings. The van der Waals surface area contributed by atoms with Gasteiger partial charge in [0.1, 0.15) is 17.2 Å². The molecule has 6 heteroatoms. The van der Waals surface area contributed by atoms with Gasteiger partial charge in [-0.3, -0.25) is 0 Å². The second-order valence-corrected chi connectivity index (χ2v) is 12.1. The molecule has 0 aliphatic heterocycles. The Morgan fingerprint density at radius 1 is 1.29 bits per heavy atom. The van der Waals surface area contributed by atoms with Gasteiger partial charge in [0, 0.05) is 32.1 Å². The van der Waals surface area contributed by atoms with Crippen molar-refractivity contribution in [1.29, 1.82) is 0 Å². The lowest BCUT2D eigenvalue weighted by molar-refractivity contribution is 0.0332. The van der Waals surface area contributed by atoms with Gasteiger partial charge in [-0.2, -0.15) is 0 Å². The summed E-state index contributed by atoms with van der Waals surface area (Å²) in [5.41, 5.74) is -1.23. The number of halogens is 2. The topological polar surface area (TPSA) is 38.0 Å². The normalized spacial score (nSPS) is 15.0. The van der Waals surface area contributed by atoms with Crippen molar-refractivity contribution in [3.05, 3.63) is 54.1 Å². The summed E-state index contributed by atoms with van der Waals surface area (Å²) in [6, 6.07) is 3.81. The molecule has 1 heterocycles. The number of rotatable bonds is 5. The molecule has 1 atom stereocenters. The van der Waals surface area contributed by atoms with Gasteiger partial charge in [-0.15, -0.1) is 0 Å². The summed E-state index contributed by atoms with van der Waals surface area (Å²) in [7, 11) is -1.69. The van der Waals surface area contributed by atoms with E-state index < -0.39 is 25.3 Å². The van der Waals surface area contributed by atoms with Crippen LogP contribution < -0.4 is 0 Å². The Morgan fingerprint density at radius 2 is 2.00 bits per heavy atom. The fourth-order valence-electron chi connectivity index (χ4n) is 2.66. The van der Waals surface area contributed by atoms with Crippen LogP contribution in [0.5, 0.6) is 0 Å². The van der Waals surface area contributed by atoms with Crippen LogP contribution in [-0.2, 0) is 12.1 Å². The minimum Gasteiger partial charge on any atom is -0.383 e. The molecule has 0 fully saturated rings. The minimum absolute atomic E-state index is 0.139. The largest absolute Gasteiger partial charge is 0.383 e. The van der Waals surface area contributed by atoms with Gasteiger partial charge in [-0.25, -0.2) is 13.8 Å². The molecule has 0 radical (unpaired) electrons. The van der Waals surface area contributed by atoms with E-state index in [0.717, 1.165) is 6.07 Å². The zero-order valence-corrected chi connectivity index (χ0v) is 13.5. The minimum atomic E-state index is -1.69. The molecule has 0 bridgehead atoms. The van der Waals surface area contributed by atoms with Crippen molar-refractivity contribution in [2.24, 2.45) is 0 Å². The van der Waals surface area contributed by atoms with Gasteiger partial charge in [0.05, 0.1) is 12.9 Å². The smallest absolute Gasteiger partial charge is 0.132 e. The van der Waals surface area contributed by atoms with Crippen LogP contribution in [0.15, 0.2) is 36.9 Å². The highest BCUT2D eigenvalue weighted by Crippen LogP contribution is 2.34. The molecule has 1 aromatic carbocycles. The van der Waals surface area contributed by atoms with Gasteiger partial charge in [-0.1, -0.05) is 25.7 Å². The lowest BCUT2D eigenvalue weighted by atomic mass is 9.95. The number of benzene rings is 1. The number of hydrogen-bond acceptors (Lipinski definition) is 2. The number of aromatic nitrogens is 2. The van der Waals surface area contributed by atoms with Gasteiger partial charge < -0.3 is 9.67 Å². The van der Waals surface area contributed by atoms with Crippen molar-refractivity contribution >= 4 is 8.07 Å². The Bertz CT molecular complexity index is 611. The standard InChI is InChI=1S/C15H20F2N2OSi/c1-21(2,3)10-15(20,9-19-7-6-18-11-19)13-5-4-12(16)8-14(13)17/h4-8,11,20H,9-10H2,1-3H3. The fraction of sp³-hybridized carbons (Fsp3) is 0.400. The average molecular weight is 310 g/mol. The first-order valence-corrected chi connectivity index (χ1v) is 10.5. The summed E-state index contributed by atoms with van der Waals surface area (Å²) in [6.45, 7) is 6.51. The van der Waals surface area contributed by atoms with E-state index in [9.17, 15) is 13.9 Å². The first-order chi connectivity index (χ1) is 9.70. The molecule has 0 spiro atoms. The van der Waals surface area contributed by atoms with Crippen LogP contribution in [0.25, 0.3) is 0 Å². The van der Waals surface area contributed by atoms with Crippen molar-refractivity contribution in [1.82, 2.24) is 9.55 Å². The highest BCUT2D eigenvalue weighted by Gasteiger charge is 2.37. The molecule has 1 aromatic heterocycles. The Labute approximate surface area is 124 Å². The molecule has 0 amide bonds. The van der Waals surface area contributed by atoms with Crippen LogP contribution >= 0.6 is 0 Å². The zero-order valence-electron chi connectivity index (χ0n) is 12.5. The summed E-state index contributed by atoms with van der Waals surface area (Å²) >= 11 is 0. The molecule has 1 N–H and O–H groups in total. The number of aliphatic hydroxyl groups is 1. The molecule has 0 saturated heterocycles. The quantitative estimate of drug-likeness (QED) is 0.860. The Morgan fingerprint density at radius 3 is 2.52 bits per heavy atom. The van der Waals surface area contributed by atoms with E-state index >= 15 is 0 Å². The Hall–Kier alpha value is -1.53. The maximum absolute atomic E-state index is 14.1. The van der Waals surface area contributed by atoms with E-state index in [1.54, 1.807) is 23.3 Å². The van der Waals surface area contributed by atoms with Crippen molar-refractivity contribution in [3.8, 4) is 0 Å². The third kappa shape index (κ3) is 3.98.